The van der Waals surface area contributed by atoms with Gasteiger partial charge in [0.2, 0.25) is 11.4 Å². The molecule has 4 amide bonds. The number of hydrogen-bond acceptors (Lipinski definition) is 12. The highest BCUT2D eigenvalue weighted by Crippen LogP contribution is 2.31. The number of thiocarbonyl (C=S) groups is 1. The number of unbranched alkanes of at least 4 members (excludes halogenated alkanes) is 2. The normalized spacial score (nSPS) is 13.3. The van der Waals surface area contributed by atoms with Crippen LogP contribution in [-0.2, 0) is 9.59 Å². The highest BCUT2D eigenvalue weighted by molar-refractivity contribution is 8.26. The second kappa shape index (κ2) is 15.7. The quantitative estimate of drug-likeness (QED) is 0.0421. The summed E-state index contributed by atoms with van der Waals surface area (Å²) < 4.78 is 5.08. The lowest BCUT2D eigenvalue weighted by Crippen LogP contribution is -2.37. The highest BCUT2D eigenvalue weighted by Gasteiger charge is 2.22. The Morgan fingerprint density at radius 3 is 2.19 bits per heavy atom. The number of carbonyl (C=O) groups excluding carboxylic acids is 4. The summed E-state index contributed by atoms with van der Waals surface area (Å²) >= 11 is 6.18. The van der Waals surface area contributed by atoms with Crippen LogP contribution in [0.25, 0.3) is 17.1 Å². The van der Waals surface area contributed by atoms with Crippen LogP contribution < -0.4 is 26.6 Å². The maximum Gasteiger partial charge on any atom is 0.300 e. The van der Waals surface area contributed by atoms with Crippen molar-refractivity contribution in [1.29, 1.82) is 0 Å². The zero-order valence-electron chi connectivity index (χ0n) is 25.1. The summed E-state index contributed by atoms with van der Waals surface area (Å²) in [4.78, 5) is 60.0. The molecule has 5 rings (SSSR count). The smallest absolute Gasteiger partial charge is 0.300 e. The van der Waals surface area contributed by atoms with Gasteiger partial charge in [0.25, 0.3) is 17.7 Å². The van der Waals surface area contributed by atoms with E-state index in [-0.39, 0.29) is 41.0 Å². The molecule has 246 valence electrons. The number of nitrogens with one attached hydrogen (secondary N) is 5. The Labute approximate surface area is 282 Å². The van der Waals surface area contributed by atoms with Gasteiger partial charge < -0.3 is 26.6 Å². The molecule has 0 radical (unpaired) electrons. The van der Waals surface area contributed by atoms with Gasteiger partial charge in [-0.1, -0.05) is 36.1 Å². The molecule has 1 aromatic heterocycles. The number of nitrogens with zero attached hydrogens (tertiary/aromatic N) is 3. The third kappa shape index (κ3) is 8.77. The molecular weight excluding hydrogens is 661 g/mol. The first-order chi connectivity index (χ1) is 23.2. The number of fused-ring (bicyclic) bond motifs is 1. The molecule has 1 aliphatic rings. The predicted octanol–water partition coefficient (Wildman–Crippen LogP) is 3.81. The highest BCUT2D eigenvalue weighted by atomic mass is 32.2. The van der Waals surface area contributed by atoms with Crippen molar-refractivity contribution < 1.29 is 28.7 Å². The van der Waals surface area contributed by atoms with Gasteiger partial charge in [0.05, 0.1) is 22.1 Å². The van der Waals surface area contributed by atoms with Crippen LogP contribution in [0.4, 0.5) is 17.1 Å². The number of amides is 4. The van der Waals surface area contributed by atoms with Crippen molar-refractivity contribution in [2.24, 2.45) is 0 Å². The fourth-order valence-electron chi connectivity index (χ4n) is 4.55. The number of rotatable bonds is 14. The Hall–Kier alpha value is -5.68. The van der Waals surface area contributed by atoms with Gasteiger partial charge in [0.15, 0.2) is 5.52 Å². The molecule has 3 aromatic carbocycles. The molecular formula is C31H28N8O7S2. The molecule has 17 heteroatoms. The second-order valence-electron chi connectivity index (χ2n) is 10.4. The number of thioether (sulfide) groups is 1. The van der Waals surface area contributed by atoms with Crippen molar-refractivity contribution in [2.75, 3.05) is 25.0 Å². The van der Waals surface area contributed by atoms with E-state index in [0.717, 1.165) is 18.4 Å². The van der Waals surface area contributed by atoms with Crippen LogP contribution in [0.1, 0.15) is 45.5 Å². The zero-order chi connectivity index (χ0) is 34.0. The van der Waals surface area contributed by atoms with Crippen LogP contribution in [0.2, 0.25) is 0 Å². The fraction of sp³-hybridized carbons (Fsp3) is 0.194. The minimum atomic E-state index is -0.574. The SMILES string of the molecule is O=C(CNC(=O)c1ccc(Nc2ccc([N+](=O)[O-])c3nonc23)cc1)NCCCCCNC(=O)c1ccc(/C=C2\SC(=S)NC2=O)cc1. The zero-order valence-corrected chi connectivity index (χ0v) is 26.7. The number of aromatic nitrogens is 2. The van der Waals surface area contributed by atoms with Gasteiger partial charge in [-0.15, -0.1) is 0 Å². The summed E-state index contributed by atoms with van der Waals surface area (Å²) in [5.41, 5.74) is 2.64. The van der Waals surface area contributed by atoms with Gasteiger partial charge in [0, 0.05) is 36.0 Å². The van der Waals surface area contributed by atoms with Crippen molar-refractivity contribution >= 4 is 86.1 Å². The Bertz CT molecular complexity index is 1910. The van der Waals surface area contributed by atoms with E-state index >= 15 is 0 Å². The lowest BCUT2D eigenvalue weighted by Gasteiger charge is -2.09. The summed E-state index contributed by atoms with van der Waals surface area (Å²) in [6, 6.07) is 16.1. The summed E-state index contributed by atoms with van der Waals surface area (Å²) in [6.45, 7) is 0.717. The molecule has 48 heavy (non-hydrogen) atoms. The fourth-order valence-corrected chi connectivity index (χ4v) is 5.59. The van der Waals surface area contributed by atoms with Gasteiger partial charge in [-0.3, -0.25) is 29.3 Å². The van der Waals surface area contributed by atoms with E-state index in [2.05, 4.69) is 41.5 Å². The molecule has 1 aliphatic heterocycles. The number of anilines is 2. The van der Waals surface area contributed by atoms with Crippen molar-refractivity contribution in [1.82, 2.24) is 31.6 Å². The van der Waals surface area contributed by atoms with E-state index in [0.29, 0.717) is 51.2 Å². The Morgan fingerprint density at radius 1 is 0.875 bits per heavy atom. The molecule has 0 bridgehead atoms. The van der Waals surface area contributed by atoms with Crippen molar-refractivity contribution in [3.8, 4) is 0 Å². The van der Waals surface area contributed by atoms with Gasteiger partial charge in [-0.25, -0.2) is 4.63 Å². The van der Waals surface area contributed by atoms with Crippen LogP contribution in [0.5, 0.6) is 0 Å². The number of carbonyl (C=O) groups is 4. The number of non-ortho nitro benzene ring substituents is 1. The molecule has 2 heterocycles. The first-order valence-corrected chi connectivity index (χ1v) is 15.8. The minimum absolute atomic E-state index is 0.0142. The number of nitro groups is 1. The van der Waals surface area contributed by atoms with E-state index in [1.165, 1.54) is 23.9 Å². The summed E-state index contributed by atoms with van der Waals surface area (Å²) in [5, 5.41) is 32.3. The van der Waals surface area contributed by atoms with E-state index in [1.54, 1.807) is 54.6 Å². The average molecular weight is 689 g/mol. The van der Waals surface area contributed by atoms with Crippen molar-refractivity contribution in [3.05, 3.63) is 92.4 Å². The lowest BCUT2D eigenvalue weighted by molar-refractivity contribution is -0.383. The Morgan fingerprint density at radius 2 is 1.52 bits per heavy atom. The number of hydrogen-bond donors (Lipinski definition) is 5. The average Bonchev–Trinajstić information content (AvgIpc) is 3.69. The molecule has 1 saturated heterocycles. The van der Waals surface area contributed by atoms with Gasteiger partial charge in [-0.2, -0.15) is 0 Å². The lowest BCUT2D eigenvalue weighted by atomic mass is 10.1. The van der Waals surface area contributed by atoms with Crippen LogP contribution in [0.3, 0.4) is 0 Å². The van der Waals surface area contributed by atoms with E-state index in [4.69, 9.17) is 12.2 Å². The first kappa shape index (κ1) is 33.7. The van der Waals surface area contributed by atoms with E-state index < -0.39 is 10.8 Å². The molecule has 0 aliphatic carbocycles. The molecule has 15 nitrogen and oxygen atoms in total. The number of nitro benzene ring substituents is 1. The monoisotopic (exact) mass is 688 g/mol. The van der Waals surface area contributed by atoms with E-state index in [1.807, 2.05) is 0 Å². The standard InChI is InChI=1S/C31H28N8O7S2/c40-25(32-14-2-1-3-15-33-28(41)19-6-4-18(5-7-19)16-24-30(43)36-31(47)48-24)17-34-29(42)20-8-10-21(11-9-20)35-22-12-13-23(39(44)45)27-26(22)37-46-38-27/h4-13,16,35H,1-3,14-15,17H2,(H,32,40)(H,33,41)(H,34,42)(H,36,43,47)/b24-16-. The summed E-state index contributed by atoms with van der Waals surface area (Å²) in [5.74, 6) is -1.19. The molecule has 4 aromatic rings. The first-order valence-electron chi connectivity index (χ1n) is 14.6. The van der Waals surface area contributed by atoms with Crippen LogP contribution >= 0.6 is 24.0 Å². The molecule has 0 spiro atoms. The van der Waals surface area contributed by atoms with Gasteiger partial charge >= 0.3 is 5.69 Å². The van der Waals surface area contributed by atoms with Crippen molar-refractivity contribution in [3.63, 3.8) is 0 Å². The van der Waals surface area contributed by atoms with Gasteiger partial charge in [-0.05, 0) is 83.7 Å². The van der Waals surface area contributed by atoms with Crippen molar-refractivity contribution in [2.45, 2.75) is 19.3 Å². The van der Waals surface area contributed by atoms with Crippen LogP contribution in [0, 0.1) is 10.1 Å². The number of benzene rings is 3. The summed E-state index contributed by atoms with van der Waals surface area (Å²) in [6.07, 6.45) is 3.92. The van der Waals surface area contributed by atoms with Crippen LogP contribution in [0.15, 0.2) is 70.2 Å². The largest absolute Gasteiger partial charge is 0.355 e. The molecule has 0 unspecified atom stereocenters. The van der Waals surface area contributed by atoms with Gasteiger partial charge in [0.1, 0.15) is 4.32 Å². The van der Waals surface area contributed by atoms with Crippen LogP contribution in [-0.4, -0.2) is 62.8 Å². The second-order valence-corrected chi connectivity index (χ2v) is 12.1. The third-order valence-electron chi connectivity index (χ3n) is 7.00. The Balaban J connectivity index is 0.950. The summed E-state index contributed by atoms with van der Waals surface area (Å²) in [7, 11) is 0. The third-order valence-corrected chi connectivity index (χ3v) is 8.16. The minimum Gasteiger partial charge on any atom is -0.355 e. The predicted molar refractivity (Wildman–Crippen MR) is 182 cm³/mol. The maximum absolute atomic E-state index is 12.5. The van der Waals surface area contributed by atoms with E-state index in [9.17, 15) is 29.3 Å². The molecule has 0 saturated carbocycles. The maximum atomic E-state index is 12.5. The molecule has 0 atom stereocenters. The topological polar surface area (TPSA) is 210 Å². The Kier molecular flexibility index (Phi) is 11.0. The molecule has 5 N–H and O–H groups in total. The molecule has 1 fully saturated rings.